The fourth-order valence-corrected chi connectivity index (χ4v) is 5.27. The molecule has 4 rings (SSSR count). The molecule has 0 bridgehead atoms. The lowest BCUT2D eigenvalue weighted by Gasteiger charge is -2.15. The maximum Gasteiger partial charge on any atom is 0.313 e. The van der Waals surface area contributed by atoms with Gasteiger partial charge in [0.25, 0.3) is 0 Å². The zero-order valence-corrected chi connectivity index (χ0v) is 26.0. The van der Waals surface area contributed by atoms with Crippen molar-refractivity contribution in [2.75, 3.05) is 27.9 Å². The number of hydrogen-bond donors (Lipinski definition) is 2. The molecular weight excluding hydrogens is 556 g/mol. The third-order valence-corrected chi connectivity index (χ3v) is 7.78. The van der Waals surface area contributed by atoms with E-state index in [0.717, 1.165) is 82.7 Å². The molecule has 0 saturated carbocycles. The molecule has 44 heavy (non-hydrogen) atoms. The standard InChI is InChI=1S/C19H22O3.C18H22O4/c1-4-5-6-7-18(19(20)22-3)16-9-8-15-13-17(21-2)11-10-14(15)12-16;1-22-16-9-8-13-11-15(7-6-14(13)12-16)17(18(20)21)5-3-2-4-10-19/h4,8-13,18H,1,5-7H2,2-3H3;6-9,11-12,17,19H,2-5,10H2,1H3,(H,20,21). The van der Waals surface area contributed by atoms with E-state index in [1.807, 2.05) is 72.8 Å². The van der Waals surface area contributed by atoms with Crippen LogP contribution in [0.25, 0.3) is 21.5 Å². The molecule has 7 heteroatoms. The fraction of sp³-hybridized carbons (Fsp3) is 0.351. The van der Waals surface area contributed by atoms with Gasteiger partial charge in [-0.15, -0.1) is 6.58 Å². The summed E-state index contributed by atoms with van der Waals surface area (Å²) in [6.45, 7) is 3.89. The number of carboxylic acids is 1. The topological polar surface area (TPSA) is 102 Å². The van der Waals surface area contributed by atoms with Gasteiger partial charge in [-0.3, -0.25) is 9.59 Å². The first-order valence-electron chi connectivity index (χ1n) is 15.0. The highest BCUT2D eigenvalue weighted by atomic mass is 16.5. The van der Waals surface area contributed by atoms with Crippen molar-refractivity contribution in [3.63, 3.8) is 0 Å². The van der Waals surface area contributed by atoms with Crippen LogP contribution in [0.2, 0.25) is 0 Å². The minimum Gasteiger partial charge on any atom is -0.497 e. The molecule has 2 unspecified atom stereocenters. The Labute approximate surface area is 260 Å². The molecule has 0 fully saturated rings. The molecular formula is C37H44O7. The third kappa shape index (κ3) is 9.58. The SMILES string of the molecule is C=CCCCC(C(=O)OC)c1ccc2cc(OC)ccc2c1.COc1ccc2cc(C(CCCCCO)C(=O)O)ccc2c1. The first kappa shape index (κ1) is 34.1. The van der Waals surface area contributed by atoms with E-state index in [4.69, 9.17) is 19.3 Å². The Balaban J connectivity index is 0.000000240. The molecule has 0 aliphatic rings. The van der Waals surface area contributed by atoms with E-state index in [2.05, 4.69) is 12.6 Å². The second kappa shape index (κ2) is 17.7. The Bertz CT molecular complexity index is 1530. The molecule has 4 aromatic rings. The highest BCUT2D eigenvalue weighted by molar-refractivity contribution is 5.87. The number of fused-ring (bicyclic) bond motifs is 2. The Hall–Kier alpha value is -4.36. The van der Waals surface area contributed by atoms with Gasteiger partial charge in [-0.05, 0) is 89.0 Å². The molecule has 0 amide bonds. The van der Waals surface area contributed by atoms with Crippen LogP contribution in [0.1, 0.15) is 67.9 Å². The van der Waals surface area contributed by atoms with Crippen molar-refractivity contribution in [3.05, 3.63) is 96.6 Å². The molecule has 0 aliphatic carbocycles. The number of carbonyl (C=O) groups excluding carboxylic acids is 1. The van der Waals surface area contributed by atoms with Crippen LogP contribution in [0.3, 0.4) is 0 Å². The number of allylic oxidation sites excluding steroid dienone is 1. The van der Waals surface area contributed by atoms with Crippen LogP contribution in [0, 0.1) is 0 Å². The fourth-order valence-electron chi connectivity index (χ4n) is 5.27. The monoisotopic (exact) mass is 600 g/mol. The van der Waals surface area contributed by atoms with E-state index in [9.17, 15) is 14.7 Å². The van der Waals surface area contributed by atoms with E-state index in [1.165, 1.54) is 7.11 Å². The highest BCUT2D eigenvalue weighted by Gasteiger charge is 2.21. The van der Waals surface area contributed by atoms with Crippen molar-refractivity contribution in [3.8, 4) is 11.5 Å². The van der Waals surface area contributed by atoms with Crippen molar-refractivity contribution in [2.45, 2.75) is 56.8 Å². The smallest absolute Gasteiger partial charge is 0.313 e. The van der Waals surface area contributed by atoms with Crippen molar-refractivity contribution in [1.29, 1.82) is 0 Å². The summed E-state index contributed by atoms with van der Waals surface area (Å²) in [4.78, 5) is 23.6. The number of aliphatic hydroxyl groups excluding tert-OH is 1. The van der Waals surface area contributed by atoms with Gasteiger partial charge in [0.2, 0.25) is 0 Å². The van der Waals surface area contributed by atoms with Crippen molar-refractivity contribution in [2.24, 2.45) is 0 Å². The molecule has 7 nitrogen and oxygen atoms in total. The van der Waals surface area contributed by atoms with Gasteiger partial charge in [0.05, 0.1) is 33.2 Å². The summed E-state index contributed by atoms with van der Waals surface area (Å²) in [5, 5.41) is 22.5. The van der Waals surface area contributed by atoms with E-state index >= 15 is 0 Å². The number of hydrogen-bond acceptors (Lipinski definition) is 6. The lowest BCUT2D eigenvalue weighted by atomic mass is 9.91. The Kier molecular flexibility index (Phi) is 13.7. The van der Waals surface area contributed by atoms with E-state index in [1.54, 1.807) is 14.2 Å². The normalized spacial score (nSPS) is 12.1. The Morgan fingerprint density at radius 2 is 1.20 bits per heavy atom. The van der Waals surface area contributed by atoms with Gasteiger partial charge in [-0.2, -0.15) is 0 Å². The number of methoxy groups -OCH3 is 3. The second-order valence-corrected chi connectivity index (χ2v) is 10.7. The maximum atomic E-state index is 12.1. The van der Waals surface area contributed by atoms with Crippen LogP contribution in [-0.2, 0) is 14.3 Å². The van der Waals surface area contributed by atoms with Crippen LogP contribution < -0.4 is 9.47 Å². The summed E-state index contributed by atoms with van der Waals surface area (Å²) >= 11 is 0. The lowest BCUT2D eigenvalue weighted by molar-refractivity contribution is -0.142. The number of carboxylic acid groups (broad SMARTS) is 1. The van der Waals surface area contributed by atoms with E-state index in [0.29, 0.717) is 6.42 Å². The number of carbonyl (C=O) groups is 2. The minimum absolute atomic E-state index is 0.162. The highest BCUT2D eigenvalue weighted by Crippen LogP contribution is 2.30. The predicted molar refractivity (Wildman–Crippen MR) is 176 cm³/mol. The molecule has 2 atom stereocenters. The molecule has 0 radical (unpaired) electrons. The molecule has 2 N–H and O–H groups in total. The molecule has 0 heterocycles. The number of benzene rings is 4. The quantitative estimate of drug-likeness (QED) is 0.0809. The summed E-state index contributed by atoms with van der Waals surface area (Å²) in [6, 6.07) is 23.5. The first-order valence-corrected chi connectivity index (χ1v) is 15.0. The van der Waals surface area contributed by atoms with Gasteiger partial charge >= 0.3 is 11.9 Å². The number of ether oxygens (including phenoxy) is 3. The van der Waals surface area contributed by atoms with Gasteiger partial charge in [-0.1, -0.05) is 67.4 Å². The van der Waals surface area contributed by atoms with Crippen LogP contribution in [0.5, 0.6) is 11.5 Å². The Morgan fingerprint density at radius 1 is 0.705 bits per heavy atom. The zero-order valence-electron chi connectivity index (χ0n) is 26.0. The van der Waals surface area contributed by atoms with Crippen molar-refractivity contribution in [1.82, 2.24) is 0 Å². The van der Waals surface area contributed by atoms with Crippen LogP contribution in [-0.4, -0.2) is 50.1 Å². The number of aliphatic carboxylic acids is 1. The molecule has 0 spiro atoms. The number of aliphatic hydroxyl groups is 1. The van der Waals surface area contributed by atoms with Crippen molar-refractivity contribution < 1.29 is 34.0 Å². The maximum absolute atomic E-state index is 12.1. The summed E-state index contributed by atoms with van der Waals surface area (Å²) < 4.78 is 15.4. The van der Waals surface area contributed by atoms with Gasteiger partial charge < -0.3 is 24.4 Å². The van der Waals surface area contributed by atoms with Crippen LogP contribution in [0.4, 0.5) is 0 Å². The van der Waals surface area contributed by atoms with E-state index in [-0.39, 0.29) is 18.5 Å². The number of rotatable bonds is 15. The van der Waals surface area contributed by atoms with Crippen molar-refractivity contribution >= 4 is 33.5 Å². The third-order valence-electron chi connectivity index (χ3n) is 7.78. The molecule has 0 aromatic heterocycles. The van der Waals surface area contributed by atoms with E-state index < -0.39 is 11.9 Å². The molecule has 234 valence electrons. The average molecular weight is 601 g/mol. The second-order valence-electron chi connectivity index (χ2n) is 10.7. The summed E-state index contributed by atoms with van der Waals surface area (Å²) in [5.74, 6) is -0.0785. The van der Waals surface area contributed by atoms with Gasteiger partial charge in [0, 0.05) is 6.61 Å². The predicted octanol–water partition coefficient (Wildman–Crippen LogP) is 8.03. The minimum atomic E-state index is -0.795. The number of unbranched alkanes of at least 4 members (excludes halogenated alkanes) is 3. The first-order chi connectivity index (χ1) is 21.3. The molecule has 0 aliphatic heterocycles. The summed E-state index contributed by atoms with van der Waals surface area (Å²) in [7, 11) is 4.72. The van der Waals surface area contributed by atoms with Gasteiger partial charge in [0.1, 0.15) is 11.5 Å². The van der Waals surface area contributed by atoms with Crippen LogP contribution >= 0.6 is 0 Å². The van der Waals surface area contributed by atoms with Gasteiger partial charge in [-0.25, -0.2) is 0 Å². The summed E-state index contributed by atoms with van der Waals surface area (Å²) in [5.41, 5.74) is 1.82. The van der Waals surface area contributed by atoms with Gasteiger partial charge in [0.15, 0.2) is 0 Å². The van der Waals surface area contributed by atoms with Crippen LogP contribution in [0.15, 0.2) is 85.5 Å². The number of esters is 1. The lowest BCUT2D eigenvalue weighted by Crippen LogP contribution is -2.14. The largest absolute Gasteiger partial charge is 0.497 e. The Morgan fingerprint density at radius 3 is 1.68 bits per heavy atom. The molecule has 0 saturated heterocycles. The zero-order chi connectivity index (χ0) is 31.9. The summed E-state index contributed by atoms with van der Waals surface area (Å²) in [6.07, 6.45) is 7.44. The average Bonchev–Trinajstić information content (AvgIpc) is 3.05. The molecule has 4 aromatic carbocycles.